The highest BCUT2D eigenvalue weighted by Gasteiger charge is 2.16. The molecule has 0 atom stereocenters. The van der Waals surface area contributed by atoms with Crippen molar-refractivity contribution in [2.45, 2.75) is 0 Å². The van der Waals surface area contributed by atoms with Gasteiger partial charge in [-0.25, -0.2) is 4.98 Å². The van der Waals surface area contributed by atoms with Crippen LogP contribution in [0.1, 0.15) is 10.4 Å². The molecule has 5 nitrogen and oxygen atoms in total. The summed E-state index contributed by atoms with van der Waals surface area (Å²) in [5, 5.41) is 5.45. The summed E-state index contributed by atoms with van der Waals surface area (Å²) < 4.78 is 11.3. The lowest BCUT2D eigenvalue weighted by atomic mass is 10.1. The maximum Gasteiger partial charge on any atom is 0.259 e. The molecule has 0 spiro atoms. The minimum atomic E-state index is -0.267. The van der Waals surface area contributed by atoms with E-state index in [1.807, 2.05) is 54.6 Å². The summed E-state index contributed by atoms with van der Waals surface area (Å²) >= 11 is 6.26. The molecular weight excluding hydrogens is 412 g/mol. The first-order valence-electron chi connectivity index (χ1n) is 9.66. The summed E-state index contributed by atoms with van der Waals surface area (Å²) in [5.74, 6) is 0.678. The van der Waals surface area contributed by atoms with Crippen molar-refractivity contribution in [1.82, 2.24) is 4.98 Å². The van der Waals surface area contributed by atoms with Gasteiger partial charge in [0.1, 0.15) is 11.3 Å². The number of aromatic nitrogens is 1. The van der Waals surface area contributed by atoms with E-state index in [1.54, 1.807) is 31.4 Å². The Morgan fingerprint density at radius 1 is 0.968 bits per heavy atom. The van der Waals surface area contributed by atoms with Crippen LogP contribution in [0.25, 0.3) is 33.3 Å². The monoisotopic (exact) mass is 428 g/mol. The Hall–Kier alpha value is -3.83. The molecular formula is C25H17ClN2O3. The van der Waals surface area contributed by atoms with Gasteiger partial charge < -0.3 is 14.5 Å². The predicted octanol–water partition coefficient (Wildman–Crippen LogP) is 6.56. The molecule has 0 aliphatic rings. The van der Waals surface area contributed by atoms with E-state index in [9.17, 15) is 4.79 Å². The van der Waals surface area contributed by atoms with Gasteiger partial charge in [0, 0.05) is 5.69 Å². The number of halogens is 1. The first kappa shape index (κ1) is 19.2. The first-order valence-corrected chi connectivity index (χ1v) is 10.0. The number of nitrogens with zero attached hydrogens (tertiary/aromatic N) is 1. The summed E-state index contributed by atoms with van der Waals surface area (Å²) in [6, 6.07) is 24.2. The van der Waals surface area contributed by atoms with Crippen LogP contribution < -0.4 is 10.1 Å². The number of anilines is 1. The normalized spacial score (nSPS) is 11.0. The Bertz CT molecular complexity index is 1440. The lowest BCUT2D eigenvalue weighted by molar-refractivity contribution is 0.102. The summed E-state index contributed by atoms with van der Waals surface area (Å²) in [7, 11) is 1.55. The summed E-state index contributed by atoms with van der Waals surface area (Å²) in [4.78, 5) is 17.5. The zero-order valence-electron chi connectivity index (χ0n) is 16.6. The second-order valence-corrected chi connectivity index (χ2v) is 7.44. The first-order chi connectivity index (χ1) is 15.1. The minimum Gasteiger partial charge on any atom is -0.496 e. The van der Waals surface area contributed by atoms with Gasteiger partial charge in [-0.15, -0.1) is 0 Å². The number of benzene rings is 4. The lowest BCUT2D eigenvalue weighted by Crippen LogP contribution is -2.13. The van der Waals surface area contributed by atoms with Crippen molar-refractivity contribution in [1.29, 1.82) is 0 Å². The highest BCUT2D eigenvalue weighted by molar-refractivity contribution is 6.33. The van der Waals surface area contributed by atoms with Crippen LogP contribution in [0.3, 0.4) is 0 Å². The number of rotatable bonds is 4. The number of carbonyl (C=O) groups excluding carboxylic acids is 1. The zero-order chi connectivity index (χ0) is 21.4. The van der Waals surface area contributed by atoms with E-state index in [0.717, 1.165) is 10.8 Å². The van der Waals surface area contributed by atoms with Crippen LogP contribution in [0.2, 0.25) is 5.02 Å². The third kappa shape index (κ3) is 3.60. The molecule has 1 amide bonds. The molecule has 0 fully saturated rings. The molecule has 31 heavy (non-hydrogen) atoms. The Morgan fingerprint density at radius 3 is 2.48 bits per heavy atom. The van der Waals surface area contributed by atoms with E-state index in [0.29, 0.717) is 44.6 Å². The molecule has 0 saturated carbocycles. The Labute approximate surface area is 183 Å². The number of hydrogen-bond acceptors (Lipinski definition) is 4. The van der Waals surface area contributed by atoms with Crippen LogP contribution in [0, 0.1) is 0 Å². The fourth-order valence-electron chi connectivity index (χ4n) is 3.52. The molecule has 6 heteroatoms. The lowest BCUT2D eigenvalue weighted by Gasteiger charge is -2.11. The average molecular weight is 429 g/mol. The summed E-state index contributed by atoms with van der Waals surface area (Å²) in [6.07, 6.45) is 0. The van der Waals surface area contributed by atoms with Crippen molar-refractivity contribution in [3.8, 4) is 17.2 Å². The number of carbonyl (C=O) groups is 1. The standard InChI is InChI=1S/C25H17ClN2O3/c1-30-23-13-16-7-3-2-6-15(16)12-19(23)24(29)27-17-10-11-22-21(14-17)28-25(31-22)18-8-4-5-9-20(18)26/h2-14H,1H3,(H,27,29). The van der Waals surface area contributed by atoms with Crippen LogP contribution in [0.5, 0.6) is 5.75 Å². The molecule has 1 N–H and O–H groups in total. The maximum atomic E-state index is 13.0. The molecule has 0 saturated heterocycles. The van der Waals surface area contributed by atoms with Crippen molar-refractivity contribution >= 4 is 45.1 Å². The van der Waals surface area contributed by atoms with Crippen molar-refractivity contribution in [2.75, 3.05) is 12.4 Å². The van der Waals surface area contributed by atoms with Gasteiger partial charge in [0.25, 0.3) is 5.91 Å². The topological polar surface area (TPSA) is 64.4 Å². The van der Waals surface area contributed by atoms with Crippen LogP contribution >= 0.6 is 11.6 Å². The van der Waals surface area contributed by atoms with E-state index >= 15 is 0 Å². The third-order valence-electron chi connectivity index (χ3n) is 5.06. The fourth-order valence-corrected chi connectivity index (χ4v) is 3.74. The Kier molecular flexibility index (Phi) is 4.81. The van der Waals surface area contributed by atoms with E-state index < -0.39 is 0 Å². The quantitative estimate of drug-likeness (QED) is 0.352. The minimum absolute atomic E-state index is 0.267. The van der Waals surface area contributed by atoms with Gasteiger partial charge in [-0.3, -0.25) is 4.79 Å². The zero-order valence-corrected chi connectivity index (χ0v) is 17.3. The number of hydrogen-bond donors (Lipinski definition) is 1. The van der Waals surface area contributed by atoms with Gasteiger partial charge in [-0.05, 0) is 53.2 Å². The van der Waals surface area contributed by atoms with Gasteiger partial charge in [0.05, 0.1) is 23.3 Å². The van der Waals surface area contributed by atoms with Crippen LogP contribution in [-0.4, -0.2) is 18.0 Å². The number of oxazole rings is 1. The van der Waals surface area contributed by atoms with Crippen molar-refractivity contribution in [3.63, 3.8) is 0 Å². The van der Waals surface area contributed by atoms with Crippen LogP contribution in [0.4, 0.5) is 5.69 Å². The SMILES string of the molecule is COc1cc2ccccc2cc1C(=O)Nc1ccc2oc(-c3ccccc3Cl)nc2c1. The van der Waals surface area contributed by atoms with Gasteiger partial charge >= 0.3 is 0 Å². The molecule has 4 aromatic carbocycles. The molecule has 0 unspecified atom stereocenters. The molecule has 5 aromatic rings. The summed E-state index contributed by atoms with van der Waals surface area (Å²) in [5.41, 5.74) is 3.01. The Balaban J connectivity index is 1.47. The number of ether oxygens (including phenoxy) is 1. The molecule has 1 aromatic heterocycles. The van der Waals surface area contributed by atoms with Crippen molar-refractivity contribution < 1.29 is 13.9 Å². The number of nitrogens with one attached hydrogen (secondary N) is 1. The number of amides is 1. The van der Waals surface area contributed by atoms with Gasteiger partial charge in [0.2, 0.25) is 5.89 Å². The van der Waals surface area contributed by atoms with E-state index in [4.69, 9.17) is 20.8 Å². The molecule has 152 valence electrons. The molecule has 0 aliphatic heterocycles. The highest BCUT2D eigenvalue weighted by Crippen LogP contribution is 2.31. The van der Waals surface area contributed by atoms with E-state index in [2.05, 4.69) is 10.3 Å². The molecule has 0 aliphatic carbocycles. The largest absolute Gasteiger partial charge is 0.496 e. The molecule has 1 heterocycles. The number of fused-ring (bicyclic) bond motifs is 2. The van der Waals surface area contributed by atoms with E-state index in [1.165, 1.54) is 0 Å². The van der Waals surface area contributed by atoms with Crippen molar-refractivity contribution in [2.24, 2.45) is 0 Å². The Morgan fingerprint density at radius 2 is 1.71 bits per heavy atom. The highest BCUT2D eigenvalue weighted by atomic mass is 35.5. The fraction of sp³-hybridized carbons (Fsp3) is 0.0400. The average Bonchev–Trinajstić information content (AvgIpc) is 3.21. The molecule has 5 rings (SSSR count). The van der Waals surface area contributed by atoms with Gasteiger partial charge in [-0.2, -0.15) is 0 Å². The van der Waals surface area contributed by atoms with Gasteiger partial charge in [0.15, 0.2) is 5.58 Å². The smallest absolute Gasteiger partial charge is 0.259 e. The second kappa shape index (κ2) is 7.78. The predicted molar refractivity (Wildman–Crippen MR) is 123 cm³/mol. The molecule has 0 bridgehead atoms. The van der Waals surface area contributed by atoms with Crippen molar-refractivity contribution in [3.05, 3.63) is 89.4 Å². The summed E-state index contributed by atoms with van der Waals surface area (Å²) in [6.45, 7) is 0. The number of methoxy groups -OCH3 is 1. The second-order valence-electron chi connectivity index (χ2n) is 7.04. The third-order valence-corrected chi connectivity index (χ3v) is 5.39. The maximum absolute atomic E-state index is 13.0. The van der Waals surface area contributed by atoms with E-state index in [-0.39, 0.29) is 5.91 Å². The van der Waals surface area contributed by atoms with Gasteiger partial charge in [-0.1, -0.05) is 48.0 Å². The van der Waals surface area contributed by atoms with Crippen LogP contribution in [-0.2, 0) is 0 Å². The van der Waals surface area contributed by atoms with Crippen LogP contribution in [0.15, 0.2) is 83.3 Å². The molecule has 0 radical (unpaired) electrons.